The lowest BCUT2D eigenvalue weighted by molar-refractivity contribution is -0.0814. The van der Waals surface area contributed by atoms with Gasteiger partial charge in [0.25, 0.3) is 0 Å². The Bertz CT molecular complexity index is 526. The van der Waals surface area contributed by atoms with E-state index in [1.165, 1.54) is 0 Å². The van der Waals surface area contributed by atoms with E-state index in [4.69, 9.17) is 14.3 Å². The fourth-order valence-electron chi connectivity index (χ4n) is 0.538. The monoisotopic (exact) mass is 237 g/mol. The first-order valence-corrected chi connectivity index (χ1v) is 3.69. The Kier molecular flexibility index (Phi) is 0.906. The van der Waals surface area contributed by atoms with Crippen LogP contribution in [0.3, 0.4) is 0 Å². The highest BCUT2D eigenvalue weighted by Gasteiger charge is 2.20. The van der Waals surface area contributed by atoms with Crippen molar-refractivity contribution in [3.63, 3.8) is 0 Å². The second kappa shape index (κ2) is 3.37. The maximum absolute atomic E-state index is 7.72. The Labute approximate surface area is 87.9 Å². The van der Waals surface area contributed by atoms with Crippen molar-refractivity contribution in [3.8, 4) is 5.88 Å². The molecule has 4 nitrogen and oxygen atoms in total. The van der Waals surface area contributed by atoms with Gasteiger partial charge in [0.1, 0.15) is 6.08 Å². The predicted molar refractivity (Wildman–Crippen MR) is 45.0 cm³/mol. The van der Waals surface area contributed by atoms with E-state index in [0.717, 1.165) is 0 Å². The van der Waals surface area contributed by atoms with Crippen LogP contribution in [0.2, 0.25) is 0 Å². The minimum absolute atomic E-state index is 0.0894. The minimum atomic E-state index is -2.73. The molecule has 1 aliphatic rings. The molecule has 0 atom stereocenters. The van der Waals surface area contributed by atoms with Crippen molar-refractivity contribution in [1.29, 1.82) is 0 Å². The molecule has 12 heavy (non-hydrogen) atoms. The second-order valence-electron chi connectivity index (χ2n) is 1.77. The number of hydrogen-bond donors (Lipinski definition) is 0. The topological polar surface area (TPSA) is 44.2 Å². The number of halogens is 1. The Morgan fingerprint density at radius 1 is 1.92 bits per heavy atom. The van der Waals surface area contributed by atoms with Gasteiger partial charge >= 0.3 is 0 Å². The van der Waals surface area contributed by atoms with Gasteiger partial charge in [-0.3, -0.25) is 0 Å². The first kappa shape index (κ1) is 3.23. The molecule has 0 aliphatic carbocycles. The van der Waals surface area contributed by atoms with Crippen molar-refractivity contribution >= 4 is 15.9 Å². The molecular weight excluding hydrogens is 224 g/mol. The summed E-state index contributed by atoms with van der Waals surface area (Å²) in [4.78, 5) is 7.10. The third kappa shape index (κ3) is 1.73. The van der Waals surface area contributed by atoms with Gasteiger partial charge in [0, 0.05) is 12.2 Å². The van der Waals surface area contributed by atoms with Crippen LogP contribution in [0.1, 0.15) is 9.60 Å². The van der Waals surface area contributed by atoms with Gasteiger partial charge in [-0.15, -0.1) is 0 Å². The molecule has 0 bridgehead atoms. The molecule has 1 fully saturated rings. The third-order valence-corrected chi connectivity index (χ3v) is 1.35. The molecule has 64 valence electrons. The lowest BCUT2D eigenvalue weighted by Crippen LogP contribution is -2.38. The number of rotatable bonds is 2. The molecule has 5 heteroatoms. The SMILES string of the molecule is [2H]c1nc(Br)nc(OC2([2H])C([2H])([2H])OC2([2H])[2H])c1[2H]. The summed E-state index contributed by atoms with van der Waals surface area (Å²) in [5.74, 6) is -0.571. The van der Waals surface area contributed by atoms with Crippen molar-refractivity contribution < 1.29 is 19.1 Å². The first-order valence-electron chi connectivity index (χ1n) is 6.40. The number of aromatic nitrogens is 2. The molecule has 1 saturated heterocycles. The summed E-state index contributed by atoms with van der Waals surface area (Å²) >= 11 is 2.87. The number of hydrogen-bond acceptors (Lipinski definition) is 4. The van der Waals surface area contributed by atoms with Crippen LogP contribution < -0.4 is 4.74 Å². The zero-order valence-corrected chi connectivity index (χ0v) is 7.17. The zero-order chi connectivity index (χ0) is 14.6. The van der Waals surface area contributed by atoms with E-state index in [-0.39, 0.29) is 4.73 Å². The van der Waals surface area contributed by atoms with Gasteiger partial charge in [0.05, 0.1) is 22.7 Å². The molecule has 0 radical (unpaired) electrons. The number of nitrogens with zero attached hydrogens (tertiary/aromatic N) is 2. The van der Waals surface area contributed by atoms with E-state index in [2.05, 4.69) is 30.6 Å². The summed E-state index contributed by atoms with van der Waals surface area (Å²) in [6, 6.07) is -0.576. The van der Waals surface area contributed by atoms with Gasteiger partial charge in [-0.05, 0) is 15.9 Å². The largest absolute Gasteiger partial charge is 0.469 e. The molecule has 1 aromatic heterocycles. The molecule has 2 rings (SSSR count). The highest BCUT2D eigenvalue weighted by atomic mass is 79.9. The van der Waals surface area contributed by atoms with Crippen LogP contribution in [0.25, 0.3) is 0 Å². The van der Waals surface area contributed by atoms with Crippen LogP contribution in [-0.2, 0) is 4.74 Å². The van der Waals surface area contributed by atoms with Gasteiger partial charge in [-0.25, -0.2) is 4.98 Å². The quantitative estimate of drug-likeness (QED) is 0.721. The highest BCUT2D eigenvalue weighted by Crippen LogP contribution is 2.14. The minimum Gasteiger partial charge on any atom is -0.469 e. The fourth-order valence-corrected chi connectivity index (χ4v) is 0.788. The van der Waals surface area contributed by atoms with E-state index in [0.29, 0.717) is 0 Å². The predicted octanol–water partition coefficient (Wildman–Crippen LogP) is 1.02. The van der Waals surface area contributed by atoms with Gasteiger partial charge in [-0.1, -0.05) is 0 Å². The molecule has 0 aromatic carbocycles. The maximum Gasteiger partial charge on any atom is 0.217 e. The molecule has 0 spiro atoms. The van der Waals surface area contributed by atoms with Crippen molar-refractivity contribution in [2.75, 3.05) is 13.1 Å². The van der Waals surface area contributed by atoms with Crippen LogP contribution in [0.15, 0.2) is 16.9 Å². The van der Waals surface area contributed by atoms with E-state index in [1.807, 2.05) is 0 Å². The average molecular weight is 238 g/mol. The van der Waals surface area contributed by atoms with Gasteiger partial charge in [0.2, 0.25) is 5.88 Å². The summed E-state index contributed by atoms with van der Waals surface area (Å²) < 4.78 is 61.0. The Balaban J connectivity index is 2.41. The summed E-state index contributed by atoms with van der Waals surface area (Å²) in [6.07, 6.45) is -3.22. The van der Waals surface area contributed by atoms with Gasteiger partial charge < -0.3 is 9.47 Å². The van der Waals surface area contributed by atoms with Crippen LogP contribution in [0.5, 0.6) is 5.88 Å². The van der Waals surface area contributed by atoms with E-state index in [1.54, 1.807) is 0 Å². The second-order valence-corrected chi connectivity index (χ2v) is 2.48. The summed E-state index contributed by atoms with van der Waals surface area (Å²) in [6.45, 7) is -5.41. The Hall–Kier alpha value is -0.680. The van der Waals surface area contributed by atoms with Gasteiger partial charge in [0.15, 0.2) is 4.73 Å². The average Bonchev–Trinajstić information content (AvgIpc) is 2.23. The lowest BCUT2D eigenvalue weighted by atomic mass is 10.3. The van der Waals surface area contributed by atoms with Crippen molar-refractivity contribution in [2.24, 2.45) is 0 Å². The lowest BCUT2D eigenvalue weighted by Gasteiger charge is -2.25. The van der Waals surface area contributed by atoms with E-state index >= 15 is 0 Å². The van der Waals surface area contributed by atoms with Crippen LogP contribution >= 0.6 is 15.9 Å². The molecular formula is C7H7BrN2O2. The molecule has 1 aliphatic heterocycles. The Morgan fingerprint density at radius 3 is 3.50 bits per heavy atom. The maximum atomic E-state index is 7.72. The van der Waals surface area contributed by atoms with Crippen LogP contribution in [0.4, 0.5) is 0 Å². The molecule has 1 aromatic rings. The van der Waals surface area contributed by atoms with Crippen molar-refractivity contribution in [2.45, 2.75) is 6.08 Å². The van der Waals surface area contributed by atoms with Crippen molar-refractivity contribution in [1.82, 2.24) is 9.97 Å². The van der Waals surface area contributed by atoms with E-state index < -0.39 is 37.3 Å². The highest BCUT2D eigenvalue weighted by molar-refractivity contribution is 9.10. The fraction of sp³-hybridized carbons (Fsp3) is 0.429. The van der Waals surface area contributed by atoms with E-state index in [9.17, 15) is 0 Å². The molecule has 0 N–H and O–H groups in total. The molecule has 0 amide bonds. The normalized spacial score (nSPS) is 36.6. The number of ether oxygens (including phenoxy) is 2. The standard InChI is InChI=1S/C7H7BrN2O2/c8-7-9-2-1-6(10-7)12-5-3-11-4-5/h1-2,5H,3-4H2/i1D,2D,3D2,4D2,5D. The smallest absolute Gasteiger partial charge is 0.217 e. The first-order chi connectivity index (χ1) is 8.50. The zero-order valence-electron chi connectivity index (χ0n) is 12.6. The summed E-state index contributed by atoms with van der Waals surface area (Å²) in [5.41, 5.74) is 0. The van der Waals surface area contributed by atoms with Crippen LogP contribution in [-0.4, -0.2) is 29.2 Å². The van der Waals surface area contributed by atoms with Crippen molar-refractivity contribution in [3.05, 3.63) is 16.9 Å². The Morgan fingerprint density at radius 2 is 2.75 bits per heavy atom. The molecule has 0 unspecified atom stereocenters. The molecule has 0 saturated carbocycles. The summed E-state index contributed by atoms with van der Waals surface area (Å²) in [7, 11) is 0. The van der Waals surface area contributed by atoms with Crippen LogP contribution in [0, 0.1) is 0 Å². The third-order valence-electron chi connectivity index (χ3n) is 0.991. The van der Waals surface area contributed by atoms with Gasteiger partial charge in [-0.2, -0.15) is 4.98 Å². The molecule has 2 heterocycles. The summed E-state index contributed by atoms with van der Waals surface area (Å²) in [5, 5.41) is 0.